The van der Waals surface area contributed by atoms with Crippen LogP contribution in [0.5, 0.6) is 11.5 Å². The van der Waals surface area contributed by atoms with Gasteiger partial charge < -0.3 is 14.2 Å². The summed E-state index contributed by atoms with van der Waals surface area (Å²) < 4.78 is 36.5. The van der Waals surface area contributed by atoms with Crippen LogP contribution >= 0.6 is 11.6 Å². The Balaban J connectivity index is 1.94. The van der Waals surface area contributed by atoms with Crippen molar-refractivity contribution in [2.45, 2.75) is 32.6 Å². The molecule has 0 saturated carbocycles. The Bertz CT molecular complexity index is 1470. The molecule has 36 heavy (non-hydrogen) atoms. The maximum atomic E-state index is 12.8. The van der Waals surface area contributed by atoms with Gasteiger partial charge in [0.2, 0.25) is 5.75 Å². The number of nitrogens with zero attached hydrogens (tertiary/aromatic N) is 1. The Morgan fingerprint density at radius 3 is 2.33 bits per heavy atom. The van der Waals surface area contributed by atoms with Gasteiger partial charge in [0.25, 0.3) is 5.91 Å². The van der Waals surface area contributed by atoms with E-state index < -0.39 is 16.0 Å². The van der Waals surface area contributed by atoms with Crippen molar-refractivity contribution in [1.29, 1.82) is 5.26 Å². The summed E-state index contributed by atoms with van der Waals surface area (Å²) in [6.45, 7) is 7.55. The standard InChI is InChI=1S/C27H25ClN2O5S/c1-5-34-25-15-20(13-21(16-29)27(31)30-24-11-8-18(3)12-19(24)4)14-23(28)26(25)35-36(32,33)22-9-6-17(2)7-10-22/h6-15H,5H2,1-4H3,(H,30,31)/b21-13+. The molecule has 0 spiro atoms. The van der Waals surface area contributed by atoms with E-state index in [1.165, 1.54) is 30.3 Å². The highest BCUT2D eigenvalue weighted by Crippen LogP contribution is 2.39. The minimum absolute atomic E-state index is 0.0366. The lowest BCUT2D eigenvalue weighted by molar-refractivity contribution is -0.112. The Hall–Kier alpha value is -3.80. The summed E-state index contributed by atoms with van der Waals surface area (Å²) in [5, 5.41) is 12.3. The number of hydrogen-bond donors (Lipinski definition) is 1. The highest BCUT2D eigenvalue weighted by molar-refractivity contribution is 7.87. The third-order valence-corrected chi connectivity index (χ3v) is 6.66. The maximum absolute atomic E-state index is 12.8. The van der Waals surface area contributed by atoms with Gasteiger partial charge in [0, 0.05) is 5.69 Å². The Morgan fingerprint density at radius 2 is 1.72 bits per heavy atom. The van der Waals surface area contributed by atoms with Crippen molar-refractivity contribution in [1.82, 2.24) is 0 Å². The molecule has 0 aliphatic rings. The second-order valence-corrected chi connectivity index (χ2v) is 10.0. The summed E-state index contributed by atoms with van der Waals surface area (Å²) in [6.07, 6.45) is 1.34. The number of halogens is 1. The molecule has 0 aliphatic heterocycles. The number of carbonyl (C=O) groups excluding carboxylic acids is 1. The largest absolute Gasteiger partial charge is 0.490 e. The van der Waals surface area contributed by atoms with E-state index in [0.717, 1.165) is 16.7 Å². The van der Waals surface area contributed by atoms with Gasteiger partial charge >= 0.3 is 10.1 Å². The molecule has 0 aliphatic carbocycles. The fourth-order valence-corrected chi connectivity index (χ4v) is 4.60. The Labute approximate surface area is 216 Å². The minimum atomic E-state index is -4.19. The molecule has 3 aromatic carbocycles. The molecular weight excluding hydrogens is 500 g/mol. The molecule has 0 heterocycles. The van der Waals surface area contributed by atoms with Crippen LogP contribution in [-0.2, 0) is 14.9 Å². The van der Waals surface area contributed by atoms with Crippen LogP contribution in [0.2, 0.25) is 5.02 Å². The van der Waals surface area contributed by atoms with Gasteiger partial charge in [-0.15, -0.1) is 0 Å². The van der Waals surface area contributed by atoms with Crippen LogP contribution < -0.4 is 14.2 Å². The molecule has 3 rings (SSSR count). The van der Waals surface area contributed by atoms with Gasteiger partial charge in [0.05, 0.1) is 11.6 Å². The number of aryl methyl sites for hydroxylation is 3. The smallest absolute Gasteiger partial charge is 0.339 e. The van der Waals surface area contributed by atoms with E-state index in [9.17, 15) is 18.5 Å². The summed E-state index contributed by atoms with van der Waals surface area (Å²) in [5.41, 5.74) is 3.58. The monoisotopic (exact) mass is 524 g/mol. The second kappa shape index (κ2) is 11.3. The van der Waals surface area contributed by atoms with E-state index in [4.69, 9.17) is 20.5 Å². The molecular formula is C27H25ClN2O5S. The molecule has 1 N–H and O–H groups in total. The molecule has 0 radical (unpaired) electrons. The Morgan fingerprint density at radius 1 is 1.06 bits per heavy atom. The van der Waals surface area contributed by atoms with E-state index in [1.807, 2.05) is 39.0 Å². The summed E-state index contributed by atoms with van der Waals surface area (Å²) in [6, 6.07) is 16.5. The van der Waals surface area contributed by atoms with Crippen molar-refractivity contribution in [2.24, 2.45) is 0 Å². The number of rotatable bonds is 8. The van der Waals surface area contributed by atoms with Gasteiger partial charge in [-0.2, -0.15) is 13.7 Å². The average Bonchev–Trinajstić information content (AvgIpc) is 2.82. The number of amides is 1. The first-order valence-electron chi connectivity index (χ1n) is 11.0. The molecule has 0 bridgehead atoms. The third-order valence-electron chi connectivity index (χ3n) is 5.14. The van der Waals surface area contributed by atoms with E-state index in [-0.39, 0.29) is 33.6 Å². The van der Waals surface area contributed by atoms with Gasteiger partial charge in [-0.3, -0.25) is 4.79 Å². The summed E-state index contributed by atoms with van der Waals surface area (Å²) in [4.78, 5) is 12.7. The first kappa shape index (κ1) is 26.8. The van der Waals surface area contributed by atoms with Gasteiger partial charge in [-0.1, -0.05) is 47.0 Å². The highest BCUT2D eigenvalue weighted by Gasteiger charge is 2.23. The summed E-state index contributed by atoms with van der Waals surface area (Å²) >= 11 is 6.38. The van der Waals surface area contributed by atoms with Crippen LogP contribution in [0.1, 0.15) is 29.2 Å². The number of anilines is 1. The number of carbonyl (C=O) groups is 1. The molecule has 0 aromatic heterocycles. The normalized spacial score (nSPS) is 11.5. The number of ether oxygens (including phenoxy) is 1. The number of hydrogen-bond acceptors (Lipinski definition) is 6. The lowest BCUT2D eigenvalue weighted by atomic mass is 10.1. The molecule has 9 heteroatoms. The van der Waals surface area contributed by atoms with Crippen LogP contribution in [0.3, 0.4) is 0 Å². The van der Waals surface area contributed by atoms with E-state index >= 15 is 0 Å². The van der Waals surface area contributed by atoms with Gasteiger partial charge in [-0.25, -0.2) is 0 Å². The molecule has 1 amide bonds. The highest BCUT2D eigenvalue weighted by atomic mass is 35.5. The number of nitrogens with one attached hydrogen (secondary N) is 1. The Kier molecular flexibility index (Phi) is 8.41. The van der Waals surface area contributed by atoms with Crippen molar-refractivity contribution >= 4 is 39.4 Å². The first-order chi connectivity index (χ1) is 17.0. The van der Waals surface area contributed by atoms with Crippen LogP contribution in [0.25, 0.3) is 6.08 Å². The molecule has 0 atom stereocenters. The zero-order chi connectivity index (χ0) is 26.5. The van der Waals surface area contributed by atoms with Crippen LogP contribution in [-0.4, -0.2) is 20.9 Å². The minimum Gasteiger partial charge on any atom is -0.490 e. The zero-order valence-electron chi connectivity index (χ0n) is 20.3. The molecule has 0 fully saturated rings. The van der Waals surface area contributed by atoms with E-state index in [1.54, 1.807) is 25.1 Å². The summed E-state index contributed by atoms with van der Waals surface area (Å²) in [5.74, 6) is -0.727. The number of nitriles is 1. The van der Waals surface area contributed by atoms with Crippen molar-refractivity contribution in [3.05, 3.63) is 87.4 Å². The quantitative estimate of drug-likeness (QED) is 0.221. The molecule has 0 unspecified atom stereocenters. The predicted molar refractivity (Wildman–Crippen MR) is 140 cm³/mol. The molecule has 3 aromatic rings. The van der Waals surface area contributed by atoms with Crippen molar-refractivity contribution < 1.29 is 22.1 Å². The molecule has 186 valence electrons. The van der Waals surface area contributed by atoms with Crippen LogP contribution in [0, 0.1) is 32.1 Å². The van der Waals surface area contributed by atoms with Crippen LogP contribution in [0.15, 0.2) is 65.1 Å². The van der Waals surface area contributed by atoms with E-state index in [2.05, 4.69) is 5.32 Å². The lowest BCUT2D eigenvalue weighted by Crippen LogP contribution is -2.14. The predicted octanol–water partition coefficient (Wildman–Crippen LogP) is 5.98. The van der Waals surface area contributed by atoms with Crippen molar-refractivity contribution in [3.8, 4) is 17.6 Å². The topological polar surface area (TPSA) is 105 Å². The zero-order valence-corrected chi connectivity index (χ0v) is 21.8. The fraction of sp³-hybridized carbons (Fsp3) is 0.185. The van der Waals surface area contributed by atoms with Crippen LogP contribution in [0.4, 0.5) is 5.69 Å². The third kappa shape index (κ3) is 6.45. The SMILES string of the molecule is CCOc1cc(/C=C(\C#N)C(=O)Nc2ccc(C)cc2C)cc(Cl)c1OS(=O)(=O)c1ccc(C)cc1. The van der Waals surface area contributed by atoms with Crippen molar-refractivity contribution in [2.75, 3.05) is 11.9 Å². The maximum Gasteiger partial charge on any atom is 0.339 e. The first-order valence-corrected chi connectivity index (χ1v) is 12.8. The fourth-order valence-electron chi connectivity index (χ4n) is 3.34. The molecule has 0 saturated heterocycles. The van der Waals surface area contributed by atoms with Crippen molar-refractivity contribution in [3.63, 3.8) is 0 Å². The number of benzene rings is 3. The van der Waals surface area contributed by atoms with Gasteiger partial charge in [-0.05, 0) is 75.2 Å². The van der Waals surface area contributed by atoms with E-state index in [0.29, 0.717) is 11.3 Å². The molecule has 7 nitrogen and oxygen atoms in total. The second-order valence-electron chi connectivity index (χ2n) is 8.06. The van der Waals surface area contributed by atoms with Gasteiger partial charge in [0.1, 0.15) is 16.5 Å². The lowest BCUT2D eigenvalue weighted by Gasteiger charge is -2.14. The average molecular weight is 525 g/mol. The van der Waals surface area contributed by atoms with Gasteiger partial charge in [0.15, 0.2) is 5.75 Å². The summed E-state index contributed by atoms with van der Waals surface area (Å²) in [7, 11) is -4.19.